The number of hydrogen-bond donors (Lipinski definition) is 1. The number of amides is 2. The van der Waals surface area contributed by atoms with Gasteiger partial charge in [0.25, 0.3) is 17.4 Å². The van der Waals surface area contributed by atoms with Crippen molar-refractivity contribution in [3.63, 3.8) is 0 Å². The number of aromatic nitrogens is 1. The maximum atomic E-state index is 13.9. The van der Waals surface area contributed by atoms with E-state index in [4.69, 9.17) is 19.2 Å². The Morgan fingerprint density at radius 3 is 2.61 bits per heavy atom. The zero-order valence-corrected chi connectivity index (χ0v) is 25.8. The first-order valence-electron chi connectivity index (χ1n) is 14.0. The number of carbonyl (C=O) groups is 2. The molecule has 4 aromatic rings. The maximum absolute atomic E-state index is 13.9. The predicted octanol–water partition coefficient (Wildman–Crippen LogP) is 3.18. The number of carbonyl (C=O) groups excluding carboxylic acids is 2. The van der Waals surface area contributed by atoms with Gasteiger partial charge in [-0.15, -0.1) is 11.3 Å². The molecule has 1 N–H and O–H groups in total. The van der Waals surface area contributed by atoms with Crippen LogP contribution in [0.4, 0.5) is 5.69 Å². The van der Waals surface area contributed by atoms with Crippen molar-refractivity contribution in [2.45, 2.75) is 13.0 Å². The van der Waals surface area contributed by atoms with Gasteiger partial charge < -0.3 is 24.4 Å². The van der Waals surface area contributed by atoms with Crippen LogP contribution in [0.15, 0.2) is 87.1 Å². The SMILES string of the molecule is COc1cc(/C=c2/sc3n(c2=O)[C@H](c2cccs2)C(C(=O)Nc2ccccc2)=C(C)N=3)ccc1OCC(=O)N1CCOCC1. The number of fused-ring (bicyclic) bond motifs is 1. The fourth-order valence-electron chi connectivity index (χ4n) is 5.14. The molecule has 0 radical (unpaired) electrons. The van der Waals surface area contributed by atoms with E-state index in [0.717, 1.165) is 4.88 Å². The fourth-order valence-corrected chi connectivity index (χ4v) is 7.01. The molecule has 1 atom stereocenters. The molecule has 1 saturated heterocycles. The number of allylic oxidation sites excluding steroid dienone is 1. The Morgan fingerprint density at radius 2 is 1.89 bits per heavy atom. The highest BCUT2D eigenvalue weighted by Crippen LogP contribution is 2.33. The van der Waals surface area contributed by atoms with Gasteiger partial charge in [-0.1, -0.05) is 41.7 Å². The lowest BCUT2D eigenvalue weighted by Gasteiger charge is -2.26. The Balaban J connectivity index is 1.31. The van der Waals surface area contributed by atoms with E-state index in [2.05, 4.69) is 5.32 Å². The van der Waals surface area contributed by atoms with Crippen molar-refractivity contribution in [1.29, 1.82) is 0 Å². The number of thiazole rings is 1. The Bertz CT molecular complexity index is 1890. The normalized spacial score (nSPS) is 16.7. The number of benzene rings is 2. The average Bonchev–Trinajstić information content (AvgIpc) is 3.68. The molecule has 4 heterocycles. The molecule has 6 rings (SSSR count). The minimum absolute atomic E-state index is 0.115. The highest BCUT2D eigenvalue weighted by Gasteiger charge is 2.33. The number of morpholine rings is 1. The number of rotatable bonds is 8. The molecule has 12 heteroatoms. The van der Waals surface area contributed by atoms with Crippen LogP contribution in [0, 0.1) is 0 Å². The molecule has 44 heavy (non-hydrogen) atoms. The van der Waals surface area contributed by atoms with Crippen LogP contribution in [-0.4, -0.2) is 61.3 Å². The lowest BCUT2D eigenvalue weighted by Crippen LogP contribution is -2.43. The number of nitrogens with one attached hydrogen (secondary N) is 1. The standard InChI is InChI=1S/C32H30N4O6S2/c1-20-28(30(38)34-22-7-4-3-5-8-22)29(25-9-6-16-43-25)36-31(39)26(44-32(36)33-20)18-21-10-11-23(24(17-21)40-2)42-19-27(37)35-12-14-41-15-13-35/h3-11,16-18,29H,12-15,19H2,1-2H3,(H,34,38)/b26-18+/t29-/m1/s1. The first-order valence-corrected chi connectivity index (χ1v) is 15.7. The summed E-state index contributed by atoms with van der Waals surface area (Å²) in [6.45, 7) is 3.81. The highest BCUT2D eigenvalue weighted by molar-refractivity contribution is 7.10. The first kappa shape index (κ1) is 29.5. The van der Waals surface area contributed by atoms with Crippen molar-refractivity contribution >= 4 is 46.3 Å². The number of thiophene rings is 1. The monoisotopic (exact) mass is 630 g/mol. The summed E-state index contributed by atoms with van der Waals surface area (Å²) in [5.41, 5.74) is 2.10. The third-order valence-electron chi connectivity index (χ3n) is 7.31. The molecular formula is C32H30N4O6S2. The van der Waals surface area contributed by atoms with Crippen LogP contribution >= 0.6 is 22.7 Å². The van der Waals surface area contributed by atoms with E-state index in [1.54, 1.807) is 40.7 Å². The Kier molecular flexibility index (Phi) is 8.73. The molecule has 0 bridgehead atoms. The largest absolute Gasteiger partial charge is 0.493 e. The molecule has 2 aromatic carbocycles. The lowest BCUT2D eigenvalue weighted by atomic mass is 10.0. The molecule has 0 unspecified atom stereocenters. The maximum Gasteiger partial charge on any atom is 0.271 e. The van der Waals surface area contributed by atoms with Crippen molar-refractivity contribution in [2.24, 2.45) is 4.99 Å². The third kappa shape index (κ3) is 6.09. The van der Waals surface area contributed by atoms with E-state index >= 15 is 0 Å². The number of para-hydroxylation sites is 1. The highest BCUT2D eigenvalue weighted by atomic mass is 32.1. The molecule has 0 saturated carbocycles. The van der Waals surface area contributed by atoms with Gasteiger partial charge >= 0.3 is 0 Å². The molecular weight excluding hydrogens is 601 g/mol. The van der Waals surface area contributed by atoms with Gasteiger partial charge in [0.15, 0.2) is 22.9 Å². The molecule has 0 spiro atoms. The second-order valence-corrected chi connectivity index (χ2v) is 12.1. The number of hydrogen-bond acceptors (Lipinski definition) is 9. The topological polar surface area (TPSA) is 111 Å². The average molecular weight is 631 g/mol. The molecule has 2 aliphatic heterocycles. The minimum Gasteiger partial charge on any atom is -0.493 e. The van der Waals surface area contributed by atoms with Crippen molar-refractivity contribution < 1.29 is 23.8 Å². The molecule has 2 amide bonds. The van der Waals surface area contributed by atoms with Gasteiger partial charge in [0.1, 0.15) is 6.04 Å². The van der Waals surface area contributed by atoms with Gasteiger partial charge in [-0.05, 0) is 54.3 Å². The zero-order chi connectivity index (χ0) is 30.6. The van der Waals surface area contributed by atoms with E-state index in [1.807, 2.05) is 47.8 Å². The summed E-state index contributed by atoms with van der Waals surface area (Å²) in [6.07, 6.45) is 1.77. The number of nitrogens with zero attached hydrogens (tertiary/aromatic N) is 3. The smallest absolute Gasteiger partial charge is 0.271 e. The molecule has 2 aliphatic rings. The molecule has 226 valence electrons. The van der Waals surface area contributed by atoms with E-state index in [-0.39, 0.29) is 24.0 Å². The molecule has 2 aromatic heterocycles. The van der Waals surface area contributed by atoms with Crippen LogP contribution in [0.5, 0.6) is 11.5 Å². The van der Waals surface area contributed by atoms with Gasteiger partial charge in [-0.2, -0.15) is 0 Å². The molecule has 1 fully saturated rings. The summed E-state index contributed by atoms with van der Waals surface area (Å²) >= 11 is 2.74. The van der Waals surface area contributed by atoms with E-state index in [0.29, 0.717) is 69.7 Å². The summed E-state index contributed by atoms with van der Waals surface area (Å²) in [4.78, 5) is 47.8. The third-order valence-corrected chi connectivity index (χ3v) is 9.22. The van der Waals surface area contributed by atoms with Gasteiger partial charge in [0.05, 0.1) is 36.1 Å². The lowest BCUT2D eigenvalue weighted by molar-refractivity contribution is -0.137. The molecule has 10 nitrogen and oxygen atoms in total. The van der Waals surface area contributed by atoms with Crippen molar-refractivity contribution in [3.05, 3.63) is 107 Å². The van der Waals surface area contributed by atoms with E-state index in [1.165, 1.54) is 29.8 Å². The van der Waals surface area contributed by atoms with Crippen molar-refractivity contribution in [2.75, 3.05) is 45.3 Å². The number of methoxy groups -OCH3 is 1. The fraction of sp³-hybridized carbons (Fsp3) is 0.250. The van der Waals surface area contributed by atoms with Gasteiger partial charge in [0, 0.05) is 23.7 Å². The van der Waals surface area contributed by atoms with Crippen LogP contribution in [-0.2, 0) is 14.3 Å². The van der Waals surface area contributed by atoms with Gasteiger partial charge in [-0.3, -0.25) is 19.0 Å². The van der Waals surface area contributed by atoms with Gasteiger partial charge in [-0.25, -0.2) is 4.99 Å². The predicted molar refractivity (Wildman–Crippen MR) is 169 cm³/mol. The number of ether oxygens (including phenoxy) is 3. The van der Waals surface area contributed by atoms with Crippen LogP contribution < -0.4 is 29.7 Å². The zero-order valence-electron chi connectivity index (χ0n) is 24.1. The second kappa shape index (κ2) is 13.0. The summed E-state index contributed by atoms with van der Waals surface area (Å²) in [6, 6.07) is 17.7. The number of anilines is 1. The van der Waals surface area contributed by atoms with Crippen molar-refractivity contribution in [3.8, 4) is 11.5 Å². The quantitative estimate of drug-likeness (QED) is 0.320. The first-order chi connectivity index (χ1) is 21.4. The van der Waals surface area contributed by atoms with E-state index in [9.17, 15) is 14.4 Å². The summed E-state index contributed by atoms with van der Waals surface area (Å²) in [5.74, 6) is 0.439. The summed E-state index contributed by atoms with van der Waals surface area (Å²) in [7, 11) is 1.52. The van der Waals surface area contributed by atoms with Crippen molar-refractivity contribution in [1.82, 2.24) is 9.47 Å². The van der Waals surface area contributed by atoms with Gasteiger partial charge in [0.2, 0.25) is 0 Å². The van der Waals surface area contributed by atoms with Crippen LogP contribution in [0.1, 0.15) is 23.4 Å². The van der Waals surface area contributed by atoms with E-state index < -0.39 is 6.04 Å². The van der Waals surface area contributed by atoms with Crippen LogP contribution in [0.3, 0.4) is 0 Å². The summed E-state index contributed by atoms with van der Waals surface area (Å²) < 4.78 is 18.7. The Morgan fingerprint density at radius 1 is 1.09 bits per heavy atom. The summed E-state index contributed by atoms with van der Waals surface area (Å²) in [5, 5.41) is 4.89. The Labute approximate surface area is 261 Å². The minimum atomic E-state index is -0.619. The Hall–Kier alpha value is -4.52. The second-order valence-electron chi connectivity index (χ2n) is 10.1. The van der Waals surface area contributed by atoms with Crippen LogP contribution in [0.25, 0.3) is 6.08 Å². The van der Waals surface area contributed by atoms with Crippen LogP contribution in [0.2, 0.25) is 0 Å². The molecule has 0 aliphatic carbocycles.